The van der Waals surface area contributed by atoms with Crippen molar-refractivity contribution in [1.82, 2.24) is 25.2 Å². The molecule has 0 saturated carbocycles. The number of carbonyl (C=O) groups excluding carboxylic acids is 1. The third-order valence-electron chi connectivity index (χ3n) is 2.22. The average molecular weight is 275 g/mol. The number of nitrogens with zero attached hydrogens (tertiary/aromatic N) is 2. The summed E-state index contributed by atoms with van der Waals surface area (Å²) in [6.45, 7) is 3.84. The molecule has 0 bridgehead atoms. The number of aromatic amines is 1. The molecule has 102 valence electrons. The molecule has 8 nitrogen and oxygen atoms in total. The molecular weight excluding hydrogens is 258 g/mol. The first-order valence-electron chi connectivity index (χ1n) is 5.47. The van der Waals surface area contributed by atoms with Gasteiger partial charge in [-0.15, -0.1) is 5.10 Å². The summed E-state index contributed by atoms with van der Waals surface area (Å²) in [7, 11) is -2.00. The molecule has 0 aliphatic heterocycles. The molecule has 9 heteroatoms. The molecule has 0 saturated heterocycles. The van der Waals surface area contributed by atoms with E-state index in [1.54, 1.807) is 0 Å². The van der Waals surface area contributed by atoms with E-state index in [1.165, 1.54) is 7.05 Å². The van der Waals surface area contributed by atoms with E-state index in [2.05, 4.69) is 25.2 Å². The van der Waals surface area contributed by atoms with Gasteiger partial charge in [0.25, 0.3) is 5.91 Å². The highest BCUT2D eigenvalue weighted by Crippen LogP contribution is 2.07. The summed E-state index contributed by atoms with van der Waals surface area (Å²) in [5, 5.41) is 8.85. The lowest BCUT2D eigenvalue weighted by Gasteiger charge is -2.03. The molecule has 1 rings (SSSR count). The quantitative estimate of drug-likeness (QED) is 0.629. The Morgan fingerprint density at radius 2 is 2.11 bits per heavy atom. The van der Waals surface area contributed by atoms with Crippen molar-refractivity contribution < 1.29 is 13.2 Å². The summed E-state index contributed by atoms with van der Waals surface area (Å²) in [6, 6.07) is 0. The SMILES string of the molecule is CNS(=O)(=O)CCNC(=O)c1n[nH]c(C(C)C)n1. The summed E-state index contributed by atoms with van der Waals surface area (Å²) >= 11 is 0. The van der Waals surface area contributed by atoms with Crippen LogP contribution in [0.5, 0.6) is 0 Å². The maximum absolute atomic E-state index is 11.6. The number of carbonyl (C=O) groups is 1. The van der Waals surface area contributed by atoms with Crippen LogP contribution in [0, 0.1) is 0 Å². The van der Waals surface area contributed by atoms with E-state index in [0.717, 1.165) is 0 Å². The molecule has 0 aromatic carbocycles. The van der Waals surface area contributed by atoms with Crippen molar-refractivity contribution in [2.45, 2.75) is 19.8 Å². The Hall–Kier alpha value is -1.48. The molecule has 0 aliphatic carbocycles. The van der Waals surface area contributed by atoms with Gasteiger partial charge in [-0.3, -0.25) is 9.89 Å². The standard InChI is InChI=1S/C9H17N5O3S/c1-6(2)7-12-8(14-13-7)9(15)11-4-5-18(16,17)10-3/h6,10H,4-5H2,1-3H3,(H,11,15)(H,12,13,14). The minimum absolute atomic E-state index is 0.00750. The smallest absolute Gasteiger partial charge is 0.290 e. The van der Waals surface area contributed by atoms with Gasteiger partial charge in [0.15, 0.2) is 0 Å². The molecule has 1 heterocycles. The lowest BCUT2D eigenvalue weighted by molar-refractivity contribution is 0.0946. The summed E-state index contributed by atoms with van der Waals surface area (Å²) in [5.74, 6) is 0.0909. The second-order valence-corrected chi connectivity index (χ2v) is 6.02. The Kier molecular flexibility index (Phi) is 4.79. The van der Waals surface area contributed by atoms with Crippen molar-refractivity contribution in [3.63, 3.8) is 0 Å². The van der Waals surface area contributed by atoms with Crippen molar-refractivity contribution in [1.29, 1.82) is 0 Å². The van der Waals surface area contributed by atoms with E-state index in [1.807, 2.05) is 13.8 Å². The number of nitrogens with one attached hydrogen (secondary N) is 3. The van der Waals surface area contributed by atoms with E-state index in [0.29, 0.717) is 5.82 Å². The minimum Gasteiger partial charge on any atom is -0.348 e. The fourth-order valence-electron chi connectivity index (χ4n) is 1.11. The predicted octanol–water partition coefficient (Wildman–Crippen LogP) is -0.793. The van der Waals surface area contributed by atoms with E-state index < -0.39 is 15.9 Å². The van der Waals surface area contributed by atoms with Gasteiger partial charge >= 0.3 is 0 Å². The molecule has 18 heavy (non-hydrogen) atoms. The lowest BCUT2D eigenvalue weighted by atomic mass is 10.2. The highest BCUT2D eigenvalue weighted by molar-refractivity contribution is 7.89. The Morgan fingerprint density at radius 3 is 2.61 bits per heavy atom. The van der Waals surface area contributed by atoms with Crippen LogP contribution >= 0.6 is 0 Å². The minimum atomic E-state index is -3.32. The summed E-state index contributed by atoms with van der Waals surface area (Å²) in [5.41, 5.74) is 0. The molecule has 1 aromatic rings. The van der Waals surface area contributed by atoms with Crippen LogP contribution in [0.1, 0.15) is 36.2 Å². The summed E-state index contributed by atoms with van der Waals surface area (Å²) < 4.78 is 24.4. The zero-order valence-electron chi connectivity index (χ0n) is 10.5. The van der Waals surface area contributed by atoms with Crippen molar-refractivity contribution >= 4 is 15.9 Å². The molecule has 0 radical (unpaired) electrons. The topological polar surface area (TPSA) is 117 Å². The maximum Gasteiger partial charge on any atom is 0.290 e. The van der Waals surface area contributed by atoms with Gasteiger partial charge in [-0.1, -0.05) is 13.8 Å². The van der Waals surface area contributed by atoms with E-state index >= 15 is 0 Å². The second-order valence-electron chi connectivity index (χ2n) is 3.98. The number of aromatic nitrogens is 3. The van der Waals surface area contributed by atoms with Crippen LogP contribution < -0.4 is 10.0 Å². The Balaban J connectivity index is 2.50. The zero-order valence-corrected chi connectivity index (χ0v) is 11.3. The van der Waals surface area contributed by atoms with Gasteiger partial charge in [-0.2, -0.15) is 0 Å². The number of hydrogen-bond acceptors (Lipinski definition) is 5. The fourth-order valence-corrected chi connectivity index (χ4v) is 1.69. The predicted molar refractivity (Wildman–Crippen MR) is 65.7 cm³/mol. The van der Waals surface area contributed by atoms with Crippen molar-refractivity contribution in [3.8, 4) is 0 Å². The van der Waals surface area contributed by atoms with E-state index in [9.17, 15) is 13.2 Å². The first kappa shape index (κ1) is 14.6. The zero-order chi connectivity index (χ0) is 13.8. The summed E-state index contributed by atoms with van der Waals surface area (Å²) in [4.78, 5) is 15.6. The van der Waals surface area contributed by atoms with Crippen molar-refractivity contribution in [2.24, 2.45) is 0 Å². The van der Waals surface area contributed by atoms with E-state index in [-0.39, 0.29) is 24.0 Å². The van der Waals surface area contributed by atoms with Gasteiger partial charge in [0.2, 0.25) is 15.8 Å². The van der Waals surface area contributed by atoms with Crippen molar-refractivity contribution in [3.05, 3.63) is 11.6 Å². The molecule has 1 amide bonds. The number of amides is 1. The van der Waals surface area contributed by atoms with Gasteiger partial charge in [-0.05, 0) is 7.05 Å². The molecule has 0 fully saturated rings. The van der Waals surface area contributed by atoms with Gasteiger partial charge < -0.3 is 5.32 Å². The van der Waals surface area contributed by atoms with Gasteiger partial charge in [0.1, 0.15) is 5.82 Å². The average Bonchev–Trinajstić information content (AvgIpc) is 2.78. The number of H-pyrrole nitrogens is 1. The Bertz CT molecular complexity index is 508. The van der Waals surface area contributed by atoms with Crippen LogP contribution in [-0.2, 0) is 10.0 Å². The molecule has 1 aromatic heterocycles. The van der Waals surface area contributed by atoms with Crippen LogP contribution in [0.15, 0.2) is 0 Å². The van der Waals surface area contributed by atoms with Gasteiger partial charge in [0.05, 0.1) is 5.75 Å². The van der Waals surface area contributed by atoms with E-state index in [4.69, 9.17) is 0 Å². The number of rotatable bonds is 6. The first-order valence-corrected chi connectivity index (χ1v) is 7.12. The monoisotopic (exact) mass is 275 g/mol. The maximum atomic E-state index is 11.6. The molecular formula is C9H17N5O3S. The normalized spacial score (nSPS) is 11.8. The largest absolute Gasteiger partial charge is 0.348 e. The Labute approximate surface area is 106 Å². The molecule has 0 spiro atoms. The van der Waals surface area contributed by atoms with Gasteiger partial charge in [-0.25, -0.2) is 18.1 Å². The van der Waals surface area contributed by atoms with Crippen LogP contribution in [-0.4, -0.2) is 48.9 Å². The number of sulfonamides is 1. The lowest BCUT2D eigenvalue weighted by Crippen LogP contribution is -2.33. The Morgan fingerprint density at radius 1 is 1.44 bits per heavy atom. The first-order chi connectivity index (χ1) is 8.35. The third kappa shape index (κ3) is 4.08. The van der Waals surface area contributed by atoms with Crippen LogP contribution in [0.4, 0.5) is 0 Å². The van der Waals surface area contributed by atoms with Crippen LogP contribution in [0.25, 0.3) is 0 Å². The number of hydrogen-bond donors (Lipinski definition) is 3. The second kappa shape index (κ2) is 5.91. The third-order valence-corrected chi connectivity index (χ3v) is 3.58. The summed E-state index contributed by atoms with van der Waals surface area (Å²) in [6.07, 6.45) is 0. The molecule has 0 atom stereocenters. The highest BCUT2D eigenvalue weighted by Gasteiger charge is 2.14. The van der Waals surface area contributed by atoms with Gasteiger partial charge in [0, 0.05) is 12.5 Å². The molecule has 0 aliphatic rings. The van der Waals surface area contributed by atoms with Crippen molar-refractivity contribution in [2.75, 3.05) is 19.3 Å². The molecule has 3 N–H and O–H groups in total. The molecule has 0 unspecified atom stereocenters. The van der Waals surface area contributed by atoms with Crippen LogP contribution in [0.2, 0.25) is 0 Å². The fraction of sp³-hybridized carbons (Fsp3) is 0.667. The van der Waals surface area contributed by atoms with Crippen LogP contribution in [0.3, 0.4) is 0 Å². The highest BCUT2D eigenvalue weighted by atomic mass is 32.2.